The molecular formula is C13H20N2O2. The summed E-state index contributed by atoms with van der Waals surface area (Å²) in [6.45, 7) is 12.3. The molecule has 0 atom stereocenters. The van der Waals surface area contributed by atoms with Crippen LogP contribution in [-0.2, 0) is 10.8 Å². The van der Waals surface area contributed by atoms with E-state index in [9.17, 15) is 10.1 Å². The molecule has 1 aromatic rings. The van der Waals surface area contributed by atoms with Gasteiger partial charge < -0.3 is 0 Å². The van der Waals surface area contributed by atoms with E-state index in [4.69, 9.17) is 0 Å². The summed E-state index contributed by atoms with van der Waals surface area (Å²) in [6.07, 6.45) is 1.34. The van der Waals surface area contributed by atoms with E-state index < -0.39 is 4.92 Å². The highest BCUT2D eigenvalue weighted by molar-refractivity contribution is 5.40. The molecular weight excluding hydrogens is 216 g/mol. The smallest absolute Gasteiger partial charge is 0.258 e. The summed E-state index contributed by atoms with van der Waals surface area (Å²) in [6, 6.07) is 1.65. The van der Waals surface area contributed by atoms with Gasteiger partial charge in [0.05, 0.1) is 4.92 Å². The fraction of sp³-hybridized carbons (Fsp3) is 0.615. The lowest BCUT2D eigenvalue weighted by atomic mass is 9.78. The highest BCUT2D eigenvalue weighted by Gasteiger charge is 2.28. The standard InChI is InChI=1S/C13H20N2O2/c1-12(2,3)10-7-9(15(16)17)8-14-11(10)13(4,5)6/h7-8H,1-6H3. The SMILES string of the molecule is CC(C)(C)c1cc([N+](=O)[O-])cnc1C(C)(C)C. The first kappa shape index (κ1) is 13.6. The van der Waals surface area contributed by atoms with Crippen molar-refractivity contribution >= 4 is 5.69 Å². The summed E-state index contributed by atoms with van der Waals surface area (Å²) in [7, 11) is 0. The summed E-state index contributed by atoms with van der Waals surface area (Å²) >= 11 is 0. The second-order valence-electron chi connectivity index (χ2n) is 6.35. The third kappa shape index (κ3) is 3.02. The van der Waals surface area contributed by atoms with Gasteiger partial charge in [-0.25, -0.2) is 0 Å². The predicted molar refractivity (Wildman–Crippen MR) is 68.3 cm³/mol. The zero-order valence-electron chi connectivity index (χ0n) is 11.4. The molecule has 4 nitrogen and oxygen atoms in total. The quantitative estimate of drug-likeness (QED) is 0.553. The first-order valence-corrected chi connectivity index (χ1v) is 5.69. The van der Waals surface area contributed by atoms with Gasteiger partial charge in [0.1, 0.15) is 6.20 Å². The van der Waals surface area contributed by atoms with Gasteiger partial charge in [-0.15, -0.1) is 0 Å². The third-order valence-corrected chi connectivity index (χ3v) is 2.60. The van der Waals surface area contributed by atoms with Crippen molar-refractivity contribution in [2.24, 2.45) is 0 Å². The Bertz CT molecular complexity index is 440. The van der Waals surface area contributed by atoms with E-state index in [0.717, 1.165) is 11.3 Å². The minimum absolute atomic E-state index is 0.0583. The van der Waals surface area contributed by atoms with Crippen LogP contribution in [0.25, 0.3) is 0 Å². The summed E-state index contributed by atoms with van der Waals surface area (Å²) in [5.41, 5.74) is 1.66. The highest BCUT2D eigenvalue weighted by atomic mass is 16.6. The van der Waals surface area contributed by atoms with Gasteiger partial charge in [0.25, 0.3) is 5.69 Å². The van der Waals surface area contributed by atoms with Crippen molar-refractivity contribution < 1.29 is 4.92 Å². The van der Waals surface area contributed by atoms with Crippen LogP contribution in [-0.4, -0.2) is 9.91 Å². The molecule has 0 radical (unpaired) electrons. The van der Waals surface area contributed by atoms with E-state index in [1.807, 2.05) is 20.8 Å². The number of pyridine rings is 1. The lowest BCUT2D eigenvalue weighted by Gasteiger charge is -2.28. The van der Waals surface area contributed by atoms with Gasteiger partial charge in [-0.2, -0.15) is 0 Å². The first-order valence-electron chi connectivity index (χ1n) is 5.69. The Morgan fingerprint density at radius 2 is 1.65 bits per heavy atom. The van der Waals surface area contributed by atoms with Crippen LogP contribution < -0.4 is 0 Å². The number of aromatic nitrogens is 1. The summed E-state index contributed by atoms with van der Waals surface area (Å²) in [5, 5.41) is 10.8. The van der Waals surface area contributed by atoms with E-state index in [0.29, 0.717) is 0 Å². The van der Waals surface area contributed by atoms with Crippen molar-refractivity contribution in [3.63, 3.8) is 0 Å². The molecule has 0 N–H and O–H groups in total. The van der Waals surface area contributed by atoms with Gasteiger partial charge in [-0.05, 0) is 11.0 Å². The molecule has 0 aliphatic heterocycles. The van der Waals surface area contributed by atoms with Gasteiger partial charge >= 0.3 is 0 Å². The van der Waals surface area contributed by atoms with E-state index in [-0.39, 0.29) is 16.5 Å². The van der Waals surface area contributed by atoms with Crippen molar-refractivity contribution in [1.29, 1.82) is 0 Å². The molecule has 0 amide bonds. The maximum Gasteiger partial charge on any atom is 0.287 e. The molecule has 0 bridgehead atoms. The average molecular weight is 236 g/mol. The van der Waals surface area contributed by atoms with Crippen molar-refractivity contribution in [1.82, 2.24) is 4.98 Å². The van der Waals surface area contributed by atoms with Crippen molar-refractivity contribution in [2.45, 2.75) is 52.4 Å². The average Bonchev–Trinajstić information content (AvgIpc) is 2.14. The fourth-order valence-electron chi connectivity index (χ4n) is 1.72. The molecule has 0 aromatic carbocycles. The minimum atomic E-state index is -0.394. The molecule has 1 heterocycles. The molecule has 0 saturated carbocycles. The Kier molecular flexibility index (Phi) is 3.28. The van der Waals surface area contributed by atoms with Crippen molar-refractivity contribution in [2.75, 3.05) is 0 Å². The summed E-state index contributed by atoms with van der Waals surface area (Å²) < 4.78 is 0. The first-order chi connectivity index (χ1) is 7.53. The molecule has 17 heavy (non-hydrogen) atoms. The van der Waals surface area contributed by atoms with E-state index in [1.165, 1.54) is 6.20 Å². The number of nitro groups is 1. The second-order valence-corrected chi connectivity index (χ2v) is 6.35. The van der Waals surface area contributed by atoms with Crippen LogP contribution in [0.5, 0.6) is 0 Å². The Balaban J connectivity index is 3.49. The molecule has 0 aliphatic carbocycles. The number of rotatable bonds is 1. The Morgan fingerprint density at radius 1 is 1.12 bits per heavy atom. The van der Waals surface area contributed by atoms with Gasteiger partial charge in [-0.1, -0.05) is 41.5 Å². The van der Waals surface area contributed by atoms with Crippen molar-refractivity contribution in [3.8, 4) is 0 Å². The maximum atomic E-state index is 10.8. The maximum absolute atomic E-state index is 10.8. The van der Waals surface area contributed by atoms with Crippen LogP contribution in [0.2, 0.25) is 0 Å². The highest BCUT2D eigenvalue weighted by Crippen LogP contribution is 2.34. The van der Waals surface area contributed by atoms with Gasteiger partial charge in [0, 0.05) is 17.2 Å². The van der Waals surface area contributed by atoms with Crippen LogP contribution in [0.4, 0.5) is 5.69 Å². The third-order valence-electron chi connectivity index (χ3n) is 2.60. The molecule has 0 spiro atoms. The largest absolute Gasteiger partial charge is 0.287 e. The Labute approximate surface area is 102 Å². The van der Waals surface area contributed by atoms with Crippen LogP contribution in [0.1, 0.15) is 52.8 Å². The topological polar surface area (TPSA) is 56.0 Å². The van der Waals surface area contributed by atoms with Crippen LogP contribution >= 0.6 is 0 Å². The monoisotopic (exact) mass is 236 g/mol. The molecule has 94 valence electrons. The normalized spacial score (nSPS) is 12.6. The van der Waals surface area contributed by atoms with Crippen LogP contribution in [0.15, 0.2) is 12.3 Å². The van der Waals surface area contributed by atoms with Crippen molar-refractivity contribution in [3.05, 3.63) is 33.6 Å². The molecule has 1 aromatic heterocycles. The molecule has 0 fully saturated rings. The number of hydrogen-bond donors (Lipinski definition) is 0. The zero-order chi connectivity index (χ0) is 13.4. The van der Waals surface area contributed by atoms with E-state index >= 15 is 0 Å². The van der Waals surface area contributed by atoms with Gasteiger partial charge in [0.2, 0.25) is 0 Å². The van der Waals surface area contributed by atoms with Crippen LogP contribution in [0.3, 0.4) is 0 Å². The molecule has 4 heteroatoms. The Morgan fingerprint density at radius 3 is 2.00 bits per heavy atom. The molecule has 1 rings (SSSR count). The second kappa shape index (κ2) is 4.09. The molecule has 0 aliphatic rings. The number of nitrogens with zero attached hydrogens (tertiary/aromatic N) is 2. The van der Waals surface area contributed by atoms with E-state index in [2.05, 4.69) is 25.8 Å². The fourth-order valence-corrected chi connectivity index (χ4v) is 1.72. The van der Waals surface area contributed by atoms with Crippen LogP contribution in [0, 0.1) is 10.1 Å². The summed E-state index contributed by atoms with van der Waals surface area (Å²) in [5.74, 6) is 0. The number of hydrogen-bond acceptors (Lipinski definition) is 3. The van der Waals surface area contributed by atoms with Gasteiger partial charge in [0.15, 0.2) is 0 Å². The predicted octanol–water partition coefficient (Wildman–Crippen LogP) is 3.58. The molecule has 0 unspecified atom stereocenters. The van der Waals surface area contributed by atoms with E-state index in [1.54, 1.807) is 6.07 Å². The Hall–Kier alpha value is -1.45. The summed E-state index contributed by atoms with van der Waals surface area (Å²) in [4.78, 5) is 14.7. The lowest BCUT2D eigenvalue weighted by Crippen LogP contribution is -2.23. The lowest BCUT2D eigenvalue weighted by molar-refractivity contribution is -0.385. The van der Waals surface area contributed by atoms with Gasteiger partial charge in [-0.3, -0.25) is 15.1 Å². The molecule has 0 saturated heterocycles. The minimum Gasteiger partial charge on any atom is -0.258 e. The zero-order valence-corrected chi connectivity index (χ0v) is 11.4.